The van der Waals surface area contributed by atoms with E-state index < -0.39 is 5.60 Å². The molecule has 0 spiro atoms. The molecular weight excluding hydrogens is 314 g/mol. The van der Waals surface area contributed by atoms with Gasteiger partial charge in [0.1, 0.15) is 11.4 Å². The average molecular weight is 333 g/mol. The summed E-state index contributed by atoms with van der Waals surface area (Å²) in [6.45, 7) is 0.350. The van der Waals surface area contributed by atoms with E-state index in [0.29, 0.717) is 30.3 Å². The number of carbonyl (C=O) groups is 1. The summed E-state index contributed by atoms with van der Waals surface area (Å²) in [4.78, 5) is 18.5. The number of thiazole rings is 1. The quantitative estimate of drug-likeness (QED) is 0.897. The predicted octanol–water partition coefficient (Wildman–Crippen LogP) is 2.19. The van der Waals surface area contributed by atoms with E-state index in [4.69, 9.17) is 4.42 Å². The molecule has 2 aliphatic rings. The number of hydrogen-bond donors (Lipinski definition) is 2. The van der Waals surface area contributed by atoms with Crippen LogP contribution in [0, 0.1) is 0 Å². The molecule has 2 saturated heterocycles. The third kappa shape index (κ3) is 2.80. The topological polar surface area (TPSA) is 78.6 Å². The molecule has 0 saturated carbocycles. The minimum atomic E-state index is -0.905. The molecule has 2 atom stereocenters. The molecule has 1 amide bonds. The van der Waals surface area contributed by atoms with Gasteiger partial charge in [-0.15, -0.1) is 11.3 Å². The van der Waals surface area contributed by atoms with Gasteiger partial charge in [0.05, 0.1) is 12.8 Å². The fourth-order valence-corrected chi connectivity index (χ4v) is 4.47. The van der Waals surface area contributed by atoms with E-state index in [-0.39, 0.29) is 18.0 Å². The molecule has 2 aliphatic heterocycles. The molecule has 0 aliphatic carbocycles. The van der Waals surface area contributed by atoms with Gasteiger partial charge in [-0.1, -0.05) is 0 Å². The van der Waals surface area contributed by atoms with Gasteiger partial charge in [0.25, 0.3) is 0 Å². The van der Waals surface area contributed by atoms with Gasteiger partial charge in [0.15, 0.2) is 5.13 Å². The van der Waals surface area contributed by atoms with Gasteiger partial charge < -0.3 is 14.8 Å². The van der Waals surface area contributed by atoms with Crippen LogP contribution in [-0.4, -0.2) is 39.5 Å². The molecule has 23 heavy (non-hydrogen) atoms. The third-order valence-corrected chi connectivity index (χ3v) is 5.59. The van der Waals surface area contributed by atoms with Crippen molar-refractivity contribution in [3.8, 4) is 0 Å². The highest BCUT2D eigenvalue weighted by molar-refractivity contribution is 7.13. The van der Waals surface area contributed by atoms with Crippen molar-refractivity contribution in [1.29, 1.82) is 0 Å². The third-order valence-electron chi connectivity index (χ3n) is 4.90. The molecule has 7 heteroatoms. The Labute approximate surface area is 138 Å². The van der Waals surface area contributed by atoms with Crippen molar-refractivity contribution in [3.63, 3.8) is 0 Å². The largest absolute Gasteiger partial charge is 0.466 e. The van der Waals surface area contributed by atoms with Crippen LogP contribution in [0.2, 0.25) is 0 Å². The monoisotopic (exact) mass is 333 g/mol. The molecule has 122 valence electrons. The molecule has 4 rings (SSSR count). The summed E-state index contributed by atoms with van der Waals surface area (Å²) in [5.74, 6) is 0.599. The highest BCUT2D eigenvalue weighted by Gasteiger charge is 2.49. The van der Waals surface area contributed by atoms with Crippen LogP contribution in [0.3, 0.4) is 0 Å². The van der Waals surface area contributed by atoms with E-state index in [1.54, 1.807) is 12.5 Å². The van der Waals surface area contributed by atoms with E-state index in [1.807, 2.05) is 17.5 Å². The number of amides is 1. The molecule has 2 aromatic rings. The summed E-state index contributed by atoms with van der Waals surface area (Å²) in [6, 6.07) is 4.07. The van der Waals surface area contributed by atoms with Crippen LogP contribution in [0.25, 0.3) is 0 Å². The van der Waals surface area contributed by atoms with Gasteiger partial charge in [-0.3, -0.25) is 9.69 Å². The van der Waals surface area contributed by atoms with Crippen LogP contribution in [0.15, 0.2) is 34.4 Å². The molecular formula is C16H19N3O3S. The lowest BCUT2D eigenvalue weighted by atomic mass is 9.84. The molecule has 2 bridgehead atoms. The molecule has 2 unspecified atom stereocenters. The Hall–Kier alpha value is -1.70. The Balaban J connectivity index is 1.43. The minimum absolute atomic E-state index is 0.0414. The lowest BCUT2D eigenvalue weighted by Gasteiger charge is -2.42. The number of rotatable bonds is 4. The Morgan fingerprint density at radius 2 is 2.26 bits per heavy atom. The SMILES string of the molecule is O=C(CN1C2CCC1CC(O)(c1ccco1)C2)Nc1nccs1. The van der Waals surface area contributed by atoms with Crippen molar-refractivity contribution in [2.75, 3.05) is 11.9 Å². The molecule has 0 radical (unpaired) electrons. The molecule has 4 heterocycles. The molecule has 6 nitrogen and oxygen atoms in total. The number of fused-ring (bicyclic) bond motifs is 2. The second-order valence-electron chi connectivity index (χ2n) is 6.36. The Kier molecular flexibility index (Phi) is 3.71. The zero-order valence-electron chi connectivity index (χ0n) is 12.6. The second-order valence-corrected chi connectivity index (χ2v) is 7.25. The summed E-state index contributed by atoms with van der Waals surface area (Å²) >= 11 is 1.41. The normalized spacial score (nSPS) is 30.5. The summed E-state index contributed by atoms with van der Waals surface area (Å²) in [5, 5.41) is 16.2. The van der Waals surface area contributed by atoms with Crippen molar-refractivity contribution in [3.05, 3.63) is 35.7 Å². The fraction of sp³-hybridized carbons (Fsp3) is 0.500. The van der Waals surface area contributed by atoms with E-state index >= 15 is 0 Å². The van der Waals surface area contributed by atoms with Crippen LogP contribution >= 0.6 is 11.3 Å². The van der Waals surface area contributed by atoms with Crippen molar-refractivity contribution in [1.82, 2.24) is 9.88 Å². The highest BCUT2D eigenvalue weighted by atomic mass is 32.1. The van der Waals surface area contributed by atoms with Crippen molar-refractivity contribution in [2.24, 2.45) is 0 Å². The highest BCUT2D eigenvalue weighted by Crippen LogP contribution is 2.45. The standard InChI is InChI=1S/C16H19N3O3S/c20-14(18-15-17-5-7-23-15)10-19-11-3-4-12(19)9-16(21,8-11)13-2-1-6-22-13/h1-2,5-7,11-12,21H,3-4,8-10H2,(H,17,18,20). The van der Waals surface area contributed by atoms with Crippen molar-refractivity contribution in [2.45, 2.75) is 43.4 Å². The van der Waals surface area contributed by atoms with E-state index in [0.717, 1.165) is 12.8 Å². The van der Waals surface area contributed by atoms with E-state index in [2.05, 4.69) is 15.2 Å². The van der Waals surface area contributed by atoms with Crippen LogP contribution in [-0.2, 0) is 10.4 Å². The van der Waals surface area contributed by atoms with Crippen LogP contribution in [0.5, 0.6) is 0 Å². The number of furan rings is 1. The molecule has 2 N–H and O–H groups in total. The summed E-state index contributed by atoms with van der Waals surface area (Å²) in [7, 11) is 0. The second kappa shape index (κ2) is 5.74. The number of aromatic nitrogens is 1. The summed E-state index contributed by atoms with van der Waals surface area (Å²) in [5.41, 5.74) is -0.905. The maximum absolute atomic E-state index is 12.2. The first-order valence-electron chi connectivity index (χ1n) is 7.85. The van der Waals surface area contributed by atoms with Gasteiger partial charge in [0.2, 0.25) is 5.91 Å². The smallest absolute Gasteiger partial charge is 0.240 e. The average Bonchev–Trinajstić information content (AvgIpc) is 3.23. The van der Waals surface area contributed by atoms with Gasteiger partial charge in [-0.2, -0.15) is 0 Å². The molecule has 2 aromatic heterocycles. The van der Waals surface area contributed by atoms with Crippen LogP contribution < -0.4 is 5.32 Å². The number of nitrogens with one attached hydrogen (secondary N) is 1. The number of carbonyl (C=O) groups excluding carboxylic acids is 1. The number of aliphatic hydroxyl groups is 1. The number of nitrogens with zero attached hydrogens (tertiary/aromatic N) is 2. The van der Waals surface area contributed by atoms with Crippen LogP contribution in [0.1, 0.15) is 31.4 Å². The first-order valence-corrected chi connectivity index (χ1v) is 8.73. The maximum Gasteiger partial charge on any atom is 0.240 e. The molecule has 2 fully saturated rings. The zero-order valence-corrected chi connectivity index (χ0v) is 13.5. The van der Waals surface area contributed by atoms with Crippen molar-refractivity contribution >= 4 is 22.4 Å². The molecule has 0 aromatic carbocycles. The fourth-order valence-electron chi connectivity index (χ4n) is 3.93. The Bertz CT molecular complexity index is 657. The van der Waals surface area contributed by atoms with Crippen molar-refractivity contribution < 1.29 is 14.3 Å². The maximum atomic E-state index is 12.2. The predicted molar refractivity (Wildman–Crippen MR) is 86.1 cm³/mol. The summed E-state index contributed by atoms with van der Waals surface area (Å²) < 4.78 is 5.43. The number of piperidine rings is 1. The van der Waals surface area contributed by atoms with Gasteiger partial charge >= 0.3 is 0 Å². The first kappa shape index (κ1) is 14.9. The summed E-state index contributed by atoms with van der Waals surface area (Å²) in [6.07, 6.45) is 6.52. The van der Waals surface area contributed by atoms with Gasteiger partial charge in [0, 0.05) is 23.7 Å². The van der Waals surface area contributed by atoms with E-state index in [9.17, 15) is 9.90 Å². The van der Waals surface area contributed by atoms with Gasteiger partial charge in [-0.05, 0) is 37.8 Å². The first-order chi connectivity index (χ1) is 11.1. The Morgan fingerprint density at radius 3 is 2.87 bits per heavy atom. The van der Waals surface area contributed by atoms with Crippen LogP contribution in [0.4, 0.5) is 5.13 Å². The number of hydrogen-bond acceptors (Lipinski definition) is 6. The lowest BCUT2D eigenvalue weighted by molar-refractivity contribution is -0.121. The Morgan fingerprint density at radius 1 is 1.48 bits per heavy atom. The van der Waals surface area contributed by atoms with E-state index in [1.165, 1.54) is 11.3 Å². The zero-order chi connectivity index (χ0) is 15.9. The van der Waals surface area contributed by atoms with Gasteiger partial charge in [-0.25, -0.2) is 4.98 Å². The number of anilines is 1. The lowest BCUT2D eigenvalue weighted by Crippen LogP contribution is -2.51. The minimum Gasteiger partial charge on any atom is -0.466 e.